The first kappa shape index (κ1) is 36.2. The molecule has 260 valence electrons. The van der Waals surface area contributed by atoms with E-state index in [-0.39, 0.29) is 13.2 Å². The summed E-state index contributed by atoms with van der Waals surface area (Å²) in [5, 5.41) is 2.80. The Bertz CT molecular complexity index is 1290. The molecule has 0 aromatic heterocycles. The summed E-state index contributed by atoms with van der Waals surface area (Å²) in [6, 6.07) is 8.17. The number of amides is 1. The van der Waals surface area contributed by atoms with Gasteiger partial charge in [-0.3, -0.25) is 19.2 Å². The number of hydrogen-bond donors (Lipinski definition) is 1. The molecule has 3 saturated heterocycles. The van der Waals surface area contributed by atoms with Crippen molar-refractivity contribution in [3.8, 4) is 0 Å². The fourth-order valence-electron chi connectivity index (χ4n) is 5.61. The Morgan fingerprint density at radius 3 is 2.04 bits per heavy atom. The molecule has 0 saturated carbocycles. The fourth-order valence-corrected chi connectivity index (χ4v) is 5.61. The summed E-state index contributed by atoms with van der Waals surface area (Å²) in [6.45, 7) is 8.03. The van der Waals surface area contributed by atoms with Crippen LogP contribution >= 0.6 is 0 Å². The van der Waals surface area contributed by atoms with Crippen LogP contribution in [0.15, 0.2) is 30.3 Å². The maximum atomic E-state index is 13.0. The Morgan fingerprint density at radius 1 is 0.830 bits per heavy atom. The first-order valence-electron chi connectivity index (χ1n) is 15.0. The van der Waals surface area contributed by atoms with Crippen molar-refractivity contribution < 1.29 is 71.3 Å². The minimum atomic E-state index is -1.70. The van der Waals surface area contributed by atoms with Gasteiger partial charge in [-0.15, -0.1) is 0 Å². The zero-order valence-corrected chi connectivity index (χ0v) is 27.2. The molecule has 16 nitrogen and oxygen atoms in total. The first-order valence-corrected chi connectivity index (χ1v) is 15.0. The molecule has 3 aliphatic rings. The fraction of sp³-hybridized carbons (Fsp3) is 0.645. The number of hydrogen-bond acceptors (Lipinski definition) is 15. The standard InChI is InChI=1S/C31H41NO15/c1-15(33)32-21-23(22-20(14-40-31(5,6)47-22)44-29(21)39-13-19-11-9-8-10-12-19)45-30-27(43-18(4)36)25(42-17(3)35)24(41-16(2)34)26(46-30)28(37)38-7/h8-12,20-27,29-30H,13-14H2,1-7H3,(H,32,33)/t20-,21-,22-,23-,24+,25+,26+,27-,29-,30-/m1/s1. The number of methoxy groups -OCH3 is 1. The van der Waals surface area contributed by atoms with Crippen LogP contribution in [-0.2, 0) is 77.9 Å². The Labute approximate surface area is 271 Å². The lowest BCUT2D eigenvalue weighted by Gasteiger charge is -2.52. The summed E-state index contributed by atoms with van der Waals surface area (Å²) in [4.78, 5) is 62.2. The number of benzene rings is 1. The predicted molar refractivity (Wildman–Crippen MR) is 155 cm³/mol. The zero-order valence-electron chi connectivity index (χ0n) is 27.2. The highest BCUT2D eigenvalue weighted by Crippen LogP contribution is 2.38. The number of fused-ring (bicyclic) bond motifs is 1. The number of ether oxygens (including phenoxy) is 10. The molecule has 0 spiro atoms. The van der Waals surface area contributed by atoms with Gasteiger partial charge in [-0.2, -0.15) is 0 Å². The van der Waals surface area contributed by atoms with Crippen LogP contribution in [-0.4, -0.2) is 111 Å². The van der Waals surface area contributed by atoms with Crippen LogP contribution in [0.3, 0.4) is 0 Å². The molecule has 1 N–H and O–H groups in total. The van der Waals surface area contributed by atoms with Gasteiger partial charge in [0.15, 0.2) is 42.8 Å². The van der Waals surface area contributed by atoms with Crippen molar-refractivity contribution in [1.82, 2.24) is 5.32 Å². The lowest BCUT2D eigenvalue weighted by molar-refractivity contribution is -0.392. The summed E-state index contributed by atoms with van der Waals surface area (Å²) >= 11 is 0. The normalized spacial score (nSPS) is 33.0. The third-order valence-electron chi connectivity index (χ3n) is 7.41. The van der Waals surface area contributed by atoms with Crippen LogP contribution in [0, 0.1) is 0 Å². The number of nitrogens with one attached hydrogen (secondary N) is 1. The van der Waals surface area contributed by atoms with Crippen LogP contribution in [0.1, 0.15) is 47.1 Å². The number of carbonyl (C=O) groups excluding carboxylic acids is 5. The zero-order chi connectivity index (χ0) is 34.5. The van der Waals surface area contributed by atoms with Gasteiger partial charge in [0.05, 0.1) is 20.3 Å². The molecule has 10 atom stereocenters. The van der Waals surface area contributed by atoms with Crippen molar-refractivity contribution in [2.45, 2.75) is 115 Å². The van der Waals surface area contributed by atoms with E-state index in [1.54, 1.807) is 13.8 Å². The summed E-state index contributed by atoms with van der Waals surface area (Å²) in [7, 11) is 1.08. The molecule has 0 bridgehead atoms. The Morgan fingerprint density at radius 2 is 1.45 bits per heavy atom. The van der Waals surface area contributed by atoms with E-state index in [9.17, 15) is 24.0 Å². The van der Waals surface area contributed by atoms with Gasteiger partial charge in [-0.1, -0.05) is 30.3 Å². The average molecular weight is 668 g/mol. The van der Waals surface area contributed by atoms with Crippen LogP contribution in [0.2, 0.25) is 0 Å². The van der Waals surface area contributed by atoms with Crippen molar-refractivity contribution >= 4 is 29.8 Å². The minimum Gasteiger partial charge on any atom is -0.467 e. The second-order valence-electron chi connectivity index (χ2n) is 11.6. The molecule has 1 amide bonds. The quantitative estimate of drug-likeness (QED) is 0.270. The molecule has 0 radical (unpaired) electrons. The van der Waals surface area contributed by atoms with E-state index in [2.05, 4.69) is 5.32 Å². The van der Waals surface area contributed by atoms with Gasteiger partial charge in [0.2, 0.25) is 5.91 Å². The maximum absolute atomic E-state index is 13.0. The number of esters is 4. The Kier molecular flexibility index (Phi) is 11.9. The third kappa shape index (κ3) is 9.24. The van der Waals surface area contributed by atoms with E-state index in [0.717, 1.165) is 33.4 Å². The van der Waals surface area contributed by atoms with E-state index in [1.165, 1.54) is 6.92 Å². The summed E-state index contributed by atoms with van der Waals surface area (Å²) in [5.74, 6) is -5.12. The highest BCUT2D eigenvalue weighted by molar-refractivity contribution is 5.77. The van der Waals surface area contributed by atoms with Crippen molar-refractivity contribution in [2.75, 3.05) is 13.7 Å². The SMILES string of the molecule is COC(=O)[C@H]1O[C@@H](O[C@@H]2[C@@H](NC(C)=O)[C@H](OCc3ccccc3)O[C@@H]3COC(C)(C)O[C@@H]23)[C@H](OC(C)=O)[C@@H](OC(C)=O)[C@@H]1OC(C)=O. The van der Waals surface area contributed by atoms with Crippen molar-refractivity contribution in [2.24, 2.45) is 0 Å². The van der Waals surface area contributed by atoms with Crippen LogP contribution in [0.25, 0.3) is 0 Å². The van der Waals surface area contributed by atoms with Gasteiger partial charge < -0.3 is 52.7 Å². The molecule has 3 heterocycles. The van der Waals surface area contributed by atoms with Crippen molar-refractivity contribution in [3.63, 3.8) is 0 Å². The smallest absolute Gasteiger partial charge is 0.339 e. The Hall–Kier alpha value is -3.67. The second-order valence-corrected chi connectivity index (χ2v) is 11.6. The highest BCUT2D eigenvalue weighted by atomic mass is 16.8. The molecule has 47 heavy (non-hydrogen) atoms. The number of rotatable bonds is 10. The van der Waals surface area contributed by atoms with Gasteiger partial charge >= 0.3 is 23.9 Å². The van der Waals surface area contributed by atoms with Crippen LogP contribution < -0.4 is 5.32 Å². The minimum absolute atomic E-state index is 0.0454. The monoisotopic (exact) mass is 667 g/mol. The molecular weight excluding hydrogens is 626 g/mol. The molecule has 16 heteroatoms. The van der Waals surface area contributed by atoms with Crippen molar-refractivity contribution in [3.05, 3.63) is 35.9 Å². The van der Waals surface area contributed by atoms with E-state index >= 15 is 0 Å². The first-order chi connectivity index (χ1) is 22.2. The maximum Gasteiger partial charge on any atom is 0.339 e. The van der Waals surface area contributed by atoms with Gasteiger partial charge in [0.25, 0.3) is 0 Å². The van der Waals surface area contributed by atoms with Gasteiger partial charge in [0, 0.05) is 27.7 Å². The summed E-state index contributed by atoms with van der Waals surface area (Å²) in [6.07, 6.45) is -12.2. The van der Waals surface area contributed by atoms with E-state index in [1.807, 2.05) is 30.3 Å². The van der Waals surface area contributed by atoms with E-state index in [4.69, 9.17) is 47.4 Å². The average Bonchev–Trinajstić information content (AvgIpc) is 2.99. The molecule has 3 aliphatic heterocycles. The molecule has 1 aromatic rings. The lowest BCUT2D eigenvalue weighted by atomic mass is 9.93. The lowest BCUT2D eigenvalue weighted by Crippen LogP contribution is -2.71. The van der Waals surface area contributed by atoms with Gasteiger partial charge in [0.1, 0.15) is 24.4 Å². The third-order valence-corrected chi connectivity index (χ3v) is 7.41. The van der Waals surface area contributed by atoms with Crippen LogP contribution in [0.4, 0.5) is 0 Å². The topological polar surface area (TPSA) is 190 Å². The molecular formula is C31H41NO15. The molecule has 3 fully saturated rings. The largest absolute Gasteiger partial charge is 0.467 e. The second kappa shape index (κ2) is 15.5. The van der Waals surface area contributed by atoms with Gasteiger partial charge in [-0.05, 0) is 19.4 Å². The molecule has 1 aromatic carbocycles. The molecule has 4 rings (SSSR count). The predicted octanol–water partition coefficient (Wildman–Crippen LogP) is 0.663. The molecule has 0 unspecified atom stereocenters. The summed E-state index contributed by atoms with van der Waals surface area (Å²) in [5.41, 5.74) is 0.821. The van der Waals surface area contributed by atoms with Crippen LogP contribution in [0.5, 0.6) is 0 Å². The van der Waals surface area contributed by atoms with E-state index in [0.29, 0.717) is 0 Å². The van der Waals surface area contributed by atoms with Crippen molar-refractivity contribution in [1.29, 1.82) is 0 Å². The van der Waals surface area contributed by atoms with Gasteiger partial charge in [-0.25, -0.2) is 4.79 Å². The van der Waals surface area contributed by atoms with E-state index < -0.39 is 96.9 Å². The number of carbonyl (C=O) groups is 5. The Balaban J connectivity index is 1.77. The highest BCUT2D eigenvalue weighted by Gasteiger charge is 2.59. The summed E-state index contributed by atoms with van der Waals surface area (Å²) < 4.78 is 58.2. The molecule has 0 aliphatic carbocycles.